The van der Waals surface area contributed by atoms with Gasteiger partial charge in [0.25, 0.3) is 11.5 Å². The van der Waals surface area contributed by atoms with E-state index in [9.17, 15) is 14.9 Å². The number of halogens is 1. The van der Waals surface area contributed by atoms with Gasteiger partial charge in [-0.1, -0.05) is 52.2 Å². The molecule has 0 atom stereocenters. The lowest BCUT2D eigenvalue weighted by Gasteiger charge is -1.98. The van der Waals surface area contributed by atoms with Crippen LogP contribution in [-0.2, 0) is 6.54 Å². The number of carbonyl (C=O) groups excluding carboxylic acids is 1. The van der Waals surface area contributed by atoms with Crippen molar-refractivity contribution in [2.45, 2.75) is 20.4 Å². The lowest BCUT2D eigenvalue weighted by atomic mass is 10.1. The second-order valence-corrected chi connectivity index (χ2v) is 5.91. The highest BCUT2D eigenvalue weighted by Gasteiger charge is 2.22. The molecule has 0 saturated heterocycles. The van der Waals surface area contributed by atoms with Gasteiger partial charge in [0.05, 0.1) is 16.7 Å². The molecule has 8 nitrogen and oxygen atoms in total. The Hall–Kier alpha value is -3.20. The maximum atomic E-state index is 12.4. The summed E-state index contributed by atoms with van der Waals surface area (Å²) < 4.78 is 3.12. The van der Waals surface area contributed by atoms with Crippen molar-refractivity contribution in [1.29, 1.82) is 0 Å². The van der Waals surface area contributed by atoms with Crippen LogP contribution in [0.2, 0.25) is 0 Å². The molecule has 3 aromatic rings. The highest BCUT2D eigenvalue weighted by molar-refractivity contribution is 5.94. The van der Waals surface area contributed by atoms with Crippen molar-refractivity contribution in [3.8, 4) is 0 Å². The third-order valence-corrected chi connectivity index (χ3v) is 4.09. The Morgan fingerprint density at radius 1 is 1.18 bits per heavy atom. The number of ketones is 1. The number of nitro benzene ring substituents is 1. The zero-order valence-electron chi connectivity index (χ0n) is 15.3. The maximum absolute atomic E-state index is 12.4. The summed E-state index contributed by atoms with van der Waals surface area (Å²) in [5, 5.41) is 19.8. The normalized spacial score (nSPS) is 10.6. The first-order chi connectivity index (χ1) is 13.0. The zero-order chi connectivity index (χ0) is 19.4. The number of hydrogen-bond acceptors (Lipinski definition) is 5. The highest BCUT2D eigenvalue weighted by Crippen LogP contribution is 2.15. The number of hydrogen-bond donors (Lipinski definition) is 0. The van der Waals surface area contributed by atoms with E-state index in [-0.39, 0.29) is 35.0 Å². The van der Waals surface area contributed by atoms with Gasteiger partial charge < -0.3 is 17.0 Å². The summed E-state index contributed by atoms with van der Waals surface area (Å²) in [5.41, 5.74) is 0.978. The van der Waals surface area contributed by atoms with Gasteiger partial charge in [-0.15, -0.1) is 4.68 Å². The molecule has 0 amide bonds. The first-order valence-electron chi connectivity index (χ1n) is 8.29. The van der Waals surface area contributed by atoms with Crippen LogP contribution in [0.15, 0.2) is 59.7 Å². The molecule has 0 radical (unpaired) electrons. The fraction of sp³-hybridized carbons (Fsp3) is 0.158. The van der Waals surface area contributed by atoms with Crippen LogP contribution in [0.4, 0.5) is 5.69 Å². The minimum Gasteiger partial charge on any atom is -1.00 e. The van der Waals surface area contributed by atoms with Crippen LogP contribution < -0.4 is 21.7 Å². The molecule has 0 aliphatic rings. The molecule has 0 aliphatic heterocycles. The summed E-state index contributed by atoms with van der Waals surface area (Å²) >= 11 is 0. The molecule has 3 rings (SSSR count). The number of nitrogens with zero attached hydrogens (tertiary/aromatic N) is 5. The number of benzene rings is 2. The fourth-order valence-electron chi connectivity index (χ4n) is 2.68. The van der Waals surface area contributed by atoms with Crippen molar-refractivity contribution in [3.63, 3.8) is 0 Å². The van der Waals surface area contributed by atoms with Gasteiger partial charge in [0.15, 0.2) is 6.54 Å². The Morgan fingerprint density at radius 3 is 2.50 bits per heavy atom. The Bertz CT molecular complexity index is 1030. The fourth-order valence-corrected chi connectivity index (χ4v) is 2.68. The van der Waals surface area contributed by atoms with Gasteiger partial charge in [0.2, 0.25) is 5.78 Å². The largest absolute Gasteiger partial charge is 1.00 e. The molecule has 144 valence electrons. The molecule has 28 heavy (non-hydrogen) atoms. The average molecular weight is 444 g/mol. The third-order valence-electron chi connectivity index (χ3n) is 4.09. The molecule has 0 N–H and O–H groups in total. The number of rotatable bonds is 6. The molecular weight excluding hydrogens is 426 g/mol. The molecule has 0 spiro atoms. The van der Waals surface area contributed by atoms with E-state index in [4.69, 9.17) is 0 Å². The molecule has 9 heteroatoms. The topological polar surface area (TPSA) is 94.3 Å². The summed E-state index contributed by atoms with van der Waals surface area (Å²) in [4.78, 5) is 23.1. The second kappa shape index (κ2) is 9.14. The smallest absolute Gasteiger partial charge is 0.301 e. The van der Waals surface area contributed by atoms with Crippen molar-refractivity contribution in [2.24, 2.45) is 5.10 Å². The van der Waals surface area contributed by atoms with E-state index < -0.39 is 4.92 Å². The van der Waals surface area contributed by atoms with Crippen LogP contribution in [0, 0.1) is 24.0 Å². The van der Waals surface area contributed by atoms with E-state index in [0.29, 0.717) is 22.8 Å². The van der Waals surface area contributed by atoms with Gasteiger partial charge in [-0.2, -0.15) is 0 Å². The van der Waals surface area contributed by atoms with E-state index >= 15 is 0 Å². The maximum Gasteiger partial charge on any atom is 0.301 e. The van der Waals surface area contributed by atoms with Gasteiger partial charge in [0, 0.05) is 25.5 Å². The Balaban J connectivity index is 0.00000280. The number of aromatic nitrogens is 3. The third kappa shape index (κ3) is 4.55. The van der Waals surface area contributed by atoms with Crippen molar-refractivity contribution < 1.29 is 31.4 Å². The van der Waals surface area contributed by atoms with Crippen LogP contribution in [0.5, 0.6) is 0 Å². The average Bonchev–Trinajstić information content (AvgIpc) is 2.94. The van der Waals surface area contributed by atoms with Crippen molar-refractivity contribution in [3.05, 3.63) is 87.5 Å². The molecule has 0 aliphatic carbocycles. The molecule has 0 saturated carbocycles. The second-order valence-electron chi connectivity index (χ2n) is 5.91. The first-order valence-corrected chi connectivity index (χ1v) is 8.29. The van der Waals surface area contributed by atoms with E-state index in [1.54, 1.807) is 53.5 Å². The van der Waals surface area contributed by atoms with E-state index in [1.165, 1.54) is 12.3 Å². The predicted octanol–water partition coefficient (Wildman–Crippen LogP) is -0.535. The van der Waals surface area contributed by atoms with Gasteiger partial charge >= 0.3 is 5.82 Å². The molecule has 2 aromatic carbocycles. The molecule has 0 unspecified atom stereocenters. The van der Waals surface area contributed by atoms with E-state index in [2.05, 4.69) is 10.2 Å². The van der Waals surface area contributed by atoms with Crippen LogP contribution in [-0.4, -0.2) is 26.7 Å². The van der Waals surface area contributed by atoms with Crippen molar-refractivity contribution >= 4 is 17.7 Å². The van der Waals surface area contributed by atoms with Crippen LogP contribution in [0.3, 0.4) is 0 Å². The van der Waals surface area contributed by atoms with Gasteiger partial charge in [-0.3, -0.25) is 14.9 Å². The summed E-state index contributed by atoms with van der Waals surface area (Å²) in [6.45, 7) is 3.63. The lowest BCUT2D eigenvalue weighted by molar-refractivity contribution is -0.745. The minimum absolute atomic E-state index is 0. The van der Waals surface area contributed by atoms with Crippen LogP contribution in [0.1, 0.15) is 27.6 Å². The molecule has 0 fully saturated rings. The Labute approximate surface area is 172 Å². The molecule has 0 bridgehead atoms. The van der Waals surface area contributed by atoms with Gasteiger partial charge in [-0.05, 0) is 11.2 Å². The molecule has 1 aromatic heterocycles. The first kappa shape index (κ1) is 21.1. The summed E-state index contributed by atoms with van der Waals surface area (Å²) in [7, 11) is 0. The number of para-hydroxylation sites is 1. The van der Waals surface area contributed by atoms with Gasteiger partial charge in [-0.25, -0.2) is 0 Å². The van der Waals surface area contributed by atoms with E-state index in [0.717, 1.165) is 0 Å². The monoisotopic (exact) mass is 443 g/mol. The Morgan fingerprint density at radius 2 is 1.82 bits per heavy atom. The number of aryl methyl sites for hydroxylation is 1. The van der Waals surface area contributed by atoms with Crippen molar-refractivity contribution in [2.75, 3.05) is 0 Å². The lowest BCUT2D eigenvalue weighted by Crippen LogP contribution is -3.00. The van der Waals surface area contributed by atoms with Crippen LogP contribution >= 0.6 is 0 Å². The zero-order valence-corrected chi connectivity index (χ0v) is 16.9. The summed E-state index contributed by atoms with van der Waals surface area (Å²) in [5.74, 6) is 1.16. The molecule has 1 heterocycles. The van der Waals surface area contributed by atoms with Crippen LogP contribution in [0.25, 0.3) is 0 Å². The minimum atomic E-state index is -0.451. The Kier molecular flexibility index (Phi) is 6.89. The predicted molar refractivity (Wildman–Crippen MR) is 98.8 cm³/mol. The van der Waals surface area contributed by atoms with Gasteiger partial charge in [0.1, 0.15) is 0 Å². The summed E-state index contributed by atoms with van der Waals surface area (Å²) in [6.07, 6.45) is 1.42. The number of Topliss-reactive ketones (excluding diaryl/α,β-unsaturated/α-hetero) is 1. The number of nitro groups is 1. The van der Waals surface area contributed by atoms with E-state index in [1.807, 2.05) is 18.2 Å². The molecular formula is C19H18BrN5O3. The SMILES string of the molecule is Cc1n[n+](CC(=O)c2ccccc2)c(C)n1N=Cc1ccccc1[N+](=O)[O-].[Br-]. The summed E-state index contributed by atoms with van der Waals surface area (Å²) in [6, 6.07) is 15.4. The number of carbonyl (C=O) groups is 1. The van der Waals surface area contributed by atoms with Crippen molar-refractivity contribution in [1.82, 2.24) is 9.77 Å². The quantitative estimate of drug-likeness (QED) is 0.168. The highest BCUT2D eigenvalue weighted by atomic mass is 79.9. The standard InChI is InChI=1S/C19H18N5O3.BrH/c1-14-21-22(13-19(25)16-8-4-3-5-9-16)15(2)23(14)20-12-17-10-6-7-11-18(17)24(26)27;/h3-12H,13H2,1-2H3;1H/q+1;/p-1.